The third-order valence-corrected chi connectivity index (χ3v) is 3.62. The van der Waals surface area contributed by atoms with Gasteiger partial charge >= 0.3 is 5.97 Å². The fraction of sp³-hybridized carbons (Fsp3) is 0.263. The van der Waals surface area contributed by atoms with Crippen molar-refractivity contribution in [3.8, 4) is 11.5 Å². The Morgan fingerprint density at radius 2 is 1.76 bits per heavy atom. The van der Waals surface area contributed by atoms with Crippen molar-refractivity contribution in [2.45, 2.75) is 13.8 Å². The van der Waals surface area contributed by atoms with E-state index in [1.54, 1.807) is 18.2 Å². The van der Waals surface area contributed by atoms with Gasteiger partial charge in [0.1, 0.15) is 5.69 Å². The van der Waals surface area contributed by atoms with E-state index >= 15 is 0 Å². The fourth-order valence-corrected chi connectivity index (χ4v) is 2.37. The van der Waals surface area contributed by atoms with Crippen LogP contribution in [0.1, 0.15) is 24.2 Å². The highest BCUT2D eigenvalue weighted by Gasteiger charge is 2.17. The number of hydrogen-bond acceptors (Lipinski definition) is 8. The standard InChI is InChI=1S/C19H21N3O7/c1-3-27-16-8-6-13(10-17(16)28-4-2)21-18(23)11-29-19(24)12-5-7-14(20)15(9-12)22(25)26/h5-10H,3-4,11,20H2,1-2H3,(H,21,23). The largest absolute Gasteiger partial charge is 0.490 e. The molecule has 3 N–H and O–H groups in total. The monoisotopic (exact) mass is 403 g/mol. The first-order valence-electron chi connectivity index (χ1n) is 8.76. The summed E-state index contributed by atoms with van der Waals surface area (Å²) in [6, 6.07) is 8.38. The Hall–Kier alpha value is -3.82. The summed E-state index contributed by atoms with van der Waals surface area (Å²) in [6.45, 7) is 3.97. The molecule has 29 heavy (non-hydrogen) atoms. The summed E-state index contributed by atoms with van der Waals surface area (Å²) in [4.78, 5) is 34.3. The Labute approximate surface area is 166 Å². The number of nitrogens with zero attached hydrogens (tertiary/aromatic N) is 1. The first-order chi connectivity index (χ1) is 13.8. The number of carbonyl (C=O) groups is 2. The van der Waals surface area contributed by atoms with Crippen LogP contribution in [0.4, 0.5) is 17.1 Å². The number of ether oxygens (including phenoxy) is 3. The molecule has 2 aromatic carbocycles. The molecule has 1 amide bonds. The van der Waals surface area contributed by atoms with E-state index in [0.29, 0.717) is 30.4 Å². The van der Waals surface area contributed by atoms with Crippen molar-refractivity contribution >= 4 is 28.9 Å². The zero-order valence-electron chi connectivity index (χ0n) is 16.0. The molecule has 0 atom stereocenters. The van der Waals surface area contributed by atoms with Gasteiger partial charge in [0.05, 0.1) is 23.7 Å². The third kappa shape index (κ3) is 5.83. The molecule has 0 spiro atoms. The maximum Gasteiger partial charge on any atom is 0.338 e. The molecule has 10 heteroatoms. The Morgan fingerprint density at radius 3 is 2.41 bits per heavy atom. The number of nitrogens with one attached hydrogen (secondary N) is 1. The van der Waals surface area contributed by atoms with E-state index in [4.69, 9.17) is 19.9 Å². The molecule has 0 fully saturated rings. The Morgan fingerprint density at radius 1 is 1.07 bits per heavy atom. The SMILES string of the molecule is CCOc1ccc(NC(=O)COC(=O)c2ccc(N)c([N+](=O)[O-])c2)cc1OCC. The minimum Gasteiger partial charge on any atom is -0.490 e. The highest BCUT2D eigenvalue weighted by Crippen LogP contribution is 2.30. The van der Waals surface area contributed by atoms with Gasteiger partial charge in [-0.15, -0.1) is 0 Å². The van der Waals surface area contributed by atoms with E-state index in [0.717, 1.165) is 6.07 Å². The van der Waals surface area contributed by atoms with Crippen LogP contribution in [0.2, 0.25) is 0 Å². The van der Waals surface area contributed by atoms with Crippen molar-refractivity contribution in [2.75, 3.05) is 30.9 Å². The van der Waals surface area contributed by atoms with Gasteiger partial charge in [0, 0.05) is 17.8 Å². The maximum absolute atomic E-state index is 12.1. The van der Waals surface area contributed by atoms with Crippen molar-refractivity contribution in [1.82, 2.24) is 0 Å². The minimum absolute atomic E-state index is 0.0788. The zero-order chi connectivity index (χ0) is 21.4. The van der Waals surface area contributed by atoms with E-state index in [2.05, 4.69) is 5.32 Å². The molecule has 0 aromatic heterocycles. The van der Waals surface area contributed by atoms with Crippen LogP contribution in [0.25, 0.3) is 0 Å². The first-order valence-corrected chi connectivity index (χ1v) is 8.76. The summed E-state index contributed by atoms with van der Waals surface area (Å²) in [7, 11) is 0. The molecule has 2 aromatic rings. The predicted molar refractivity (Wildman–Crippen MR) is 105 cm³/mol. The number of benzene rings is 2. The number of esters is 1. The van der Waals surface area contributed by atoms with Crippen LogP contribution < -0.4 is 20.5 Å². The first kappa shape index (κ1) is 21.5. The molecule has 0 saturated heterocycles. The van der Waals surface area contributed by atoms with E-state index < -0.39 is 29.1 Å². The molecule has 2 rings (SSSR count). The Bertz CT molecular complexity index is 915. The van der Waals surface area contributed by atoms with Crippen LogP contribution in [0.5, 0.6) is 11.5 Å². The number of anilines is 2. The lowest BCUT2D eigenvalue weighted by Crippen LogP contribution is -2.21. The summed E-state index contributed by atoms with van der Waals surface area (Å²) < 4.78 is 15.8. The summed E-state index contributed by atoms with van der Waals surface area (Å²) in [6.07, 6.45) is 0. The lowest BCUT2D eigenvalue weighted by molar-refractivity contribution is -0.383. The molecular weight excluding hydrogens is 382 g/mol. The van der Waals surface area contributed by atoms with Crippen molar-refractivity contribution in [3.63, 3.8) is 0 Å². The fourth-order valence-electron chi connectivity index (χ4n) is 2.37. The average molecular weight is 403 g/mol. The van der Waals surface area contributed by atoms with E-state index in [1.165, 1.54) is 12.1 Å². The van der Waals surface area contributed by atoms with Crippen molar-refractivity contribution in [3.05, 3.63) is 52.1 Å². The zero-order valence-corrected chi connectivity index (χ0v) is 16.0. The minimum atomic E-state index is -0.884. The molecule has 154 valence electrons. The molecule has 0 bridgehead atoms. The van der Waals surface area contributed by atoms with E-state index in [9.17, 15) is 19.7 Å². The van der Waals surface area contributed by atoms with Gasteiger partial charge in [0.2, 0.25) is 0 Å². The molecule has 0 aliphatic heterocycles. The molecule has 0 unspecified atom stereocenters. The van der Waals surface area contributed by atoms with Gasteiger partial charge < -0.3 is 25.3 Å². The number of carbonyl (C=O) groups excluding carboxylic acids is 2. The van der Waals surface area contributed by atoms with Crippen LogP contribution in [0.15, 0.2) is 36.4 Å². The topological polar surface area (TPSA) is 143 Å². The number of amides is 1. The molecule has 0 aliphatic rings. The number of nitrogens with two attached hydrogens (primary N) is 1. The van der Waals surface area contributed by atoms with Crippen LogP contribution in [0, 0.1) is 10.1 Å². The molecule has 0 saturated carbocycles. The third-order valence-electron chi connectivity index (χ3n) is 3.62. The van der Waals surface area contributed by atoms with Gasteiger partial charge in [-0.1, -0.05) is 0 Å². The number of rotatable bonds is 9. The van der Waals surface area contributed by atoms with Crippen LogP contribution in [-0.2, 0) is 9.53 Å². The van der Waals surface area contributed by atoms with E-state index in [1.807, 2.05) is 13.8 Å². The summed E-state index contributed by atoms with van der Waals surface area (Å²) in [5.41, 5.74) is 5.34. The number of nitro groups is 1. The van der Waals surface area contributed by atoms with Crippen molar-refractivity contribution in [2.24, 2.45) is 0 Å². The molecule has 0 heterocycles. The second-order valence-electron chi connectivity index (χ2n) is 5.68. The molecular formula is C19H21N3O7. The highest BCUT2D eigenvalue weighted by atomic mass is 16.6. The second-order valence-corrected chi connectivity index (χ2v) is 5.68. The molecule has 10 nitrogen and oxygen atoms in total. The van der Waals surface area contributed by atoms with Crippen molar-refractivity contribution < 1.29 is 28.7 Å². The van der Waals surface area contributed by atoms with Gasteiger partial charge in [0.15, 0.2) is 18.1 Å². The Kier molecular flexibility index (Phi) is 7.35. The van der Waals surface area contributed by atoms with Crippen molar-refractivity contribution in [1.29, 1.82) is 0 Å². The highest BCUT2D eigenvalue weighted by molar-refractivity contribution is 5.96. The molecule has 0 aliphatic carbocycles. The van der Waals surface area contributed by atoms with Gasteiger partial charge in [-0.05, 0) is 38.1 Å². The van der Waals surface area contributed by atoms with Gasteiger partial charge in [0.25, 0.3) is 11.6 Å². The van der Waals surface area contributed by atoms with Gasteiger partial charge in [-0.25, -0.2) is 4.79 Å². The Balaban J connectivity index is 1.99. The second kappa shape index (κ2) is 9.93. The maximum atomic E-state index is 12.1. The lowest BCUT2D eigenvalue weighted by Gasteiger charge is -2.13. The van der Waals surface area contributed by atoms with Crippen LogP contribution in [0.3, 0.4) is 0 Å². The normalized spacial score (nSPS) is 10.1. The van der Waals surface area contributed by atoms with Gasteiger partial charge in [-0.3, -0.25) is 14.9 Å². The van der Waals surface area contributed by atoms with Crippen LogP contribution in [-0.4, -0.2) is 36.6 Å². The predicted octanol–water partition coefficient (Wildman–Crippen LogP) is 2.77. The average Bonchev–Trinajstić information content (AvgIpc) is 2.68. The lowest BCUT2D eigenvalue weighted by atomic mass is 10.2. The van der Waals surface area contributed by atoms with E-state index in [-0.39, 0.29) is 11.3 Å². The number of hydrogen-bond donors (Lipinski definition) is 2. The number of nitrogen functional groups attached to an aromatic ring is 1. The summed E-state index contributed by atoms with van der Waals surface area (Å²) in [5, 5.41) is 13.5. The van der Waals surface area contributed by atoms with Crippen LogP contribution >= 0.6 is 0 Å². The molecule has 0 radical (unpaired) electrons. The summed E-state index contributed by atoms with van der Waals surface area (Å²) in [5.74, 6) is -0.457. The van der Waals surface area contributed by atoms with Gasteiger partial charge in [-0.2, -0.15) is 0 Å². The smallest absolute Gasteiger partial charge is 0.338 e. The summed E-state index contributed by atoms with van der Waals surface area (Å²) >= 11 is 0. The number of nitro benzene ring substituents is 1. The quantitative estimate of drug-likeness (QED) is 0.281.